The minimum atomic E-state index is -0.222. The number of carbonyl (C=O) groups is 2. The highest BCUT2D eigenvalue weighted by molar-refractivity contribution is 6.30. The quantitative estimate of drug-likeness (QED) is 0.672. The number of fused-ring (bicyclic) bond motifs is 2. The predicted molar refractivity (Wildman–Crippen MR) is 109 cm³/mol. The van der Waals surface area contributed by atoms with Crippen molar-refractivity contribution in [1.82, 2.24) is 0 Å². The molecule has 0 spiro atoms. The molecule has 0 radical (unpaired) electrons. The second kappa shape index (κ2) is 6.99. The number of nitrogens with one attached hydrogen (secondary N) is 1. The number of carbonyl (C=O) groups excluding carboxylic acids is 2. The Morgan fingerprint density at radius 3 is 2.37 bits per heavy atom. The monoisotopic (exact) mass is 357 g/mol. The number of ketones is 2. The maximum absolute atomic E-state index is 13.2. The van der Waals surface area contributed by atoms with Gasteiger partial charge in [0.1, 0.15) is 0 Å². The molecule has 1 N–H and O–H groups in total. The summed E-state index contributed by atoms with van der Waals surface area (Å²) in [5.74, 6) is -0.158. The zero-order chi connectivity index (χ0) is 18.9. The first-order valence-electron chi connectivity index (χ1n) is 9.59. The summed E-state index contributed by atoms with van der Waals surface area (Å²) in [6.07, 6.45) is 12.5. The van der Waals surface area contributed by atoms with E-state index < -0.39 is 0 Å². The van der Waals surface area contributed by atoms with E-state index in [0.717, 1.165) is 31.4 Å². The molecule has 0 amide bonds. The molecule has 2 aromatic rings. The van der Waals surface area contributed by atoms with Crippen LogP contribution >= 0.6 is 0 Å². The van der Waals surface area contributed by atoms with Crippen LogP contribution in [0.15, 0.2) is 66.8 Å². The average molecular weight is 357 g/mol. The molecule has 0 heterocycles. The summed E-state index contributed by atoms with van der Waals surface area (Å²) >= 11 is 0. The Labute approximate surface area is 159 Å². The van der Waals surface area contributed by atoms with Crippen molar-refractivity contribution in [2.45, 2.75) is 38.1 Å². The van der Waals surface area contributed by atoms with Crippen molar-refractivity contribution in [3.63, 3.8) is 0 Å². The third-order valence-electron chi connectivity index (χ3n) is 5.46. The van der Waals surface area contributed by atoms with Crippen LogP contribution in [0.4, 0.5) is 5.69 Å². The zero-order valence-corrected chi connectivity index (χ0v) is 15.5. The van der Waals surface area contributed by atoms with Gasteiger partial charge in [-0.3, -0.25) is 9.59 Å². The highest BCUT2D eigenvalue weighted by Gasteiger charge is 2.34. The predicted octanol–water partition coefficient (Wildman–Crippen LogP) is 5.32. The minimum Gasteiger partial charge on any atom is -0.375 e. The largest absolute Gasteiger partial charge is 0.375 e. The molecule has 0 bridgehead atoms. The normalized spacial score (nSPS) is 20.3. The SMILES string of the molecule is CCCCC1(Nc2cccc3c2C(=O)c2ccccc2C3=O)C=CC=CC1. The van der Waals surface area contributed by atoms with Crippen molar-refractivity contribution in [3.05, 3.63) is 89.0 Å². The molecule has 4 rings (SSSR count). The van der Waals surface area contributed by atoms with Crippen LogP contribution in [0.3, 0.4) is 0 Å². The molecule has 1 unspecified atom stereocenters. The Balaban J connectivity index is 1.78. The molecule has 0 saturated carbocycles. The van der Waals surface area contributed by atoms with Crippen molar-refractivity contribution in [2.75, 3.05) is 5.32 Å². The molecular weight excluding hydrogens is 334 g/mol. The lowest BCUT2D eigenvalue weighted by Gasteiger charge is -2.35. The molecule has 1 atom stereocenters. The standard InChI is InChI=1S/C24H23NO2/c1-2-3-14-24(15-7-4-8-16-24)25-20-13-9-12-19-21(20)23(27)18-11-6-5-10-17(18)22(19)26/h4-13,15,25H,2-3,14,16H2,1H3. The van der Waals surface area contributed by atoms with Gasteiger partial charge in [0, 0.05) is 22.4 Å². The number of hydrogen-bond acceptors (Lipinski definition) is 3. The van der Waals surface area contributed by atoms with Gasteiger partial charge in [0.25, 0.3) is 0 Å². The smallest absolute Gasteiger partial charge is 0.196 e. The van der Waals surface area contributed by atoms with E-state index in [0.29, 0.717) is 22.3 Å². The molecule has 2 aliphatic rings. The fourth-order valence-electron chi connectivity index (χ4n) is 4.01. The number of hydrogen-bond donors (Lipinski definition) is 1. The second-order valence-electron chi connectivity index (χ2n) is 7.31. The van der Waals surface area contributed by atoms with E-state index in [-0.39, 0.29) is 17.1 Å². The van der Waals surface area contributed by atoms with Crippen LogP contribution in [0.25, 0.3) is 0 Å². The lowest BCUT2D eigenvalue weighted by Crippen LogP contribution is -2.37. The van der Waals surface area contributed by atoms with Gasteiger partial charge in [0.05, 0.1) is 11.1 Å². The van der Waals surface area contributed by atoms with Gasteiger partial charge in [-0.25, -0.2) is 0 Å². The van der Waals surface area contributed by atoms with Crippen molar-refractivity contribution in [3.8, 4) is 0 Å². The average Bonchev–Trinajstić information content (AvgIpc) is 2.71. The first-order chi connectivity index (χ1) is 13.2. The number of allylic oxidation sites excluding steroid dienone is 2. The van der Waals surface area contributed by atoms with Crippen LogP contribution in [-0.2, 0) is 0 Å². The molecule has 3 nitrogen and oxygen atoms in total. The Morgan fingerprint density at radius 1 is 0.926 bits per heavy atom. The lowest BCUT2D eigenvalue weighted by atomic mass is 9.81. The molecule has 2 aromatic carbocycles. The van der Waals surface area contributed by atoms with Crippen LogP contribution in [0.2, 0.25) is 0 Å². The van der Waals surface area contributed by atoms with Crippen LogP contribution in [0, 0.1) is 0 Å². The lowest BCUT2D eigenvalue weighted by molar-refractivity contribution is 0.0979. The summed E-state index contributed by atoms with van der Waals surface area (Å²) in [6, 6.07) is 12.6. The first-order valence-corrected chi connectivity index (χ1v) is 9.59. The summed E-state index contributed by atoms with van der Waals surface area (Å²) < 4.78 is 0. The minimum absolute atomic E-state index is 0.0782. The van der Waals surface area contributed by atoms with Crippen LogP contribution < -0.4 is 5.32 Å². The first kappa shape index (κ1) is 17.5. The van der Waals surface area contributed by atoms with Gasteiger partial charge in [0.2, 0.25) is 0 Å². The molecule has 136 valence electrons. The van der Waals surface area contributed by atoms with E-state index in [1.165, 1.54) is 0 Å². The molecule has 0 fully saturated rings. The van der Waals surface area contributed by atoms with E-state index >= 15 is 0 Å². The number of benzene rings is 2. The van der Waals surface area contributed by atoms with Gasteiger partial charge in [-0.1, -0.05) is 80.5 Å². The van der Waals surface area contributed by atoms with Gasteiger partial charge in [-0.2, -0.15) is 0 Å². The van der Waals surface area contributed by atoms with Crippen molar-refractivity contribution in [2.24, 2.45) is 0 Å². The van der Waals surface area contributed by atoms with Gasteiger partial charge in [0.15, 0.2) is 11.6 Å². The molecule has 0 saturated heterocycles. The summed E-state index contributed by atoms with van der Waals surface area (Å²) in [6.45, 7) is 2.18. The van der Waals surface area contributed by atoms with E-state index in [1.807, 2.05) is 18.2 Å². The highest BCUT2D eigenvalue weighted by Crippen LogP contribution is 2.36. The Morgan fingerprint density at radius 2 is 1.67 bits per heavy atom. The van der Waals surface area contributed by atoms with Gasteiger partial charge < -0.3 is 5.32 Å². The fourth-order valence-corrected chi connectivity index (χ4v) is 4.01. The van der Waals surface area contributed by atoms with E-state index in [2.05, 4.69) is 36.5 Å². The number of unbranched alkanes of at least 4 members (excludes halogenated alkanes) is 1. The van der Waals surface area contributed by atoms with E-state index in [4.69, 9.17) is 0 Å². The summed E-state index contributed by atoms with van der Waals surface area (Å²) in [4.78, 5) is 26.2. The van der Waals surface area contributed by atoms with Crippen LogP contribution in [-0.4, -0.2) is 17.1 Å². The second-order valence-corrected chi connectivity index (χ2v) is 7.31. The number of rotatable bonds is 5. The van der Waals surface area contributed by atoms with Crippen LogP contribution in [0.5, 0.6) is 0 Å². The third-order valence-corrected chi connectivity index (χ3v) is 5.46. The van der Waals surface area contributed by atoms with Gasteiger partial charge in [-0.05, 0) is 18.9 Å². The maximum Gasteiger partial charge on any atom is 0.196 e. The maximum atomic E-state index is 13.2. The summed E-state index contributed by atoms with van der Waals surface area (Å²) in [5.41, 5.74) is 2.50. The summed E-state index contributed by atoms with van der Waals surface area (Å²) in [5, 5.41) is 3.63. The van der Waals surface area contributed by atoms with E-state index in [1.54, 1.807) is 24.3 Å². The molecule has 3 heteroatoms. The fraction of sp³-hybridized carbons (Fsp3) is 0.250. The molecular formula is C24H23NO2. The van der Waals surface area contributed by atoms with Crippen molar-refractivity contribution >= 4 is 17.3 Å². The molecule has 0 aliphatic heterocycles. The molecule has 27 heavy (non-hydrogen) atoms. The van der Waals surface area contributed by atoms with Gasteiger partial charge >= 0.3 is 0 Å². The van der Waals surface area contributed by atoms with Crippen LogP contribution in [0.1, 0.15) is 64.4 Å². The van der Waals surface area contributed by atoms with Crippen molar-refractivity contribution in [1.29, 1.82) is 0 Å². The van der Waals surface area contributed by atoms with E-state index in [9.17, 15) is 9.59 Å². The third kappa shape index (κ3) is 3.03. The summed E-state index contributed by atoms with van der Waals surface area (Å²) in [7, 11) is 0. The topological polar surface area (TPSA) is 46.2 Å². The molecule has 2 aliphatic carbocycles. The Hall–Kier alpha value is -2.94. The number of anilines is 1. The zero-order valence-electron chi connectivity index (χ0n) is 15.5. The van der Waals surface area contributed by atoms with Gasteiger partial charge in [-0.15, -0.1) is 0 Å². The Kier molecular flexibility index (Phi) is 4.53. The molecule has 0 aromatic heterocycles. The Bertz CT molecular complexity index is 970. The van der Waals surface area contributed by atoms with Crippen molar-refractivity contribution < 1.29 is 9.59 Å². The highest BCUT2D eigenvalue weighted by atomic mass is 16.1.